The molecule has 3 aromatic rings. The highest BCUT2D eigenvalue weighted by atomic mass is 35.5. The fourth-order valence-corrected chi connectivity index (χ4v) is 4.94. The summed E-state index contributed by atoms with van der Waals surface area (Å²) in [7, 11) is 0. The Morgan fingerprint density at radius 2 is 1.71 bits per heavy atom. The topological polar surface area (TPSA) is 104 Å². The van der Waals surface area contributed by atoms with Gasteiger partial charge in [0.25, 0.3) is 11.1 Å². The zero-order valence-corrected chi connectivity index (χ0v) is 20.8. The fourth-order valence-electron chi connectivity index (χ4n) is 4.94. The maximum absolute atomic E-state index is 13.0. The van der Waals surface area contributed by atoms with Crippen LogP contribution in [0.25, 0.3) is 11.2 Å². The van der Waals surface area contributed by atoms with Crippen LogP contribution in [-0.2, 0) is 26.2 Å². The van der Waals surface area contributed by atoms with Crippen molar-refractivity contribution in [1.82, 2.24) is 29.3 Å². The van der Waals surface area contributed by atoms with Crippen molar-refractivity contribution in [2.45, 2.75) is 45.1 Å². The summed E-state index contributed by atoms with van der Waals surface area (Å²) in [5, 5.41) is 3.60. The van der Waals surface area contributed by atoms with Crippen LogP contribution in [0.3, 0.4) is 0 Å². The van der Waals surface area contributed by atoms with Gasteiger partial charge in [0.1, 0.15) is 30.1 Å². The Morgan fingerprint density at radius 1 is 0.971 bits per heavy atom. The Morgan fingerprint density at radius 3 is 2.51 bits per heavy atom. The van der Waals surface area contributed by atoms with Gasteiger partial charge >= 0.3 is 0 Å². The number of pyridine rings is 2. The number of aryl methyl sites for hydroxylation is 2. The Kier molecular flexibility index (Phi) is 7.65. The van der Waals surface area contributed by atoms with Gasteiger partial charge in [0.05, 0.1) is 11.9 Å². The van der Waals surface area contributed by atoms with E-state index < -0.39 is 0 Å². The second kappa shape index (κ2) is 10.5. The molecule has 0 atom stereocenters. The first-order valence-corrected chi connectivity index (χ1v) is 11.5. The second-order valence-electron chi connectivity index (χ2n) is 8.80. The van der Waals surface area contributed by atoms with E-state index in [9.17, 15) is 9.59 Å². The summed E-state index contributed by atoms with van der Waals surface area (Å²) in [6.07, 6.45) is 3.71. The zero-order valence-electron chi connectivity index (χ0n) is 19.1. The molecule has 3 aliphatic heterocycles. The van der Waals surface area contributed by atoms with Crippen LogP contribution in [0.4, 0.5) is 0 Å². The first-order valence-electron chi connectivity index (χ1n) is 11.5. The van der Waals surface area contributed by atoms with Gasteiger partial charge in [0.15, 0.2) is 11.5 Å². The Balaban J connectivity index is 0.00000144. The summed E-state index contributed by atoms with van der Waals surface area (Å²) in [5.74, 6) is 1.47. The van der Waals surface area contributed by atoms with Crippen LogP contribution < -0.4 is 25.9 Å². The molecule has 0 spiro atoms. The lowest BCUT2D eigenvalue weighted by molar-refractivity contribution is 0.170. The second-order valence-corrected chi connectivity index (χ2v) is 8.80. The molecule has 1 N–H and O–H groups in total. The van der Waals surface area contributed by atoms with Crippen molar-refractivity contribution < 1.29 is 9.47 Å². The van der Waals surface area contributed by atoms with Gasteiger partial charge in [0.2, 0.25) is 0 Å². The first-order chi connectivity index (χ1) is 16.2. The molecule has 0 aliphatic carbocycles. The molecule has 10 nitrogen and oxygen atoms in total. The third-order valence-corrected chi connectivity index (χ3v) is 6.70. The summed E-state index contributed by atoms with van der Waals surface area (Å²) < 4.78 is 14.5. The van der Waals surface area contributed by atoms with Crippen molar-refractivity contribution in [2.24, 2.45) is 0 Å². The molecule has 1 fully saturated rings. The standard InChI is InChI=1S/C23H26N6O4.2ClH/c30-21-2-1-17-22-28(21)7-8-29(22)23(31)18(26-17)14-27-5-3-15(4-6-27)24-12-16-11-19-20(13-25-16)33-10-9-32-19;;/h1-2,11,13,15,24H,3-10,12,14H2;2*1H. The molecule has 1 saturated heterocycles. The Labute approximate surface area is 214 Å². The number of halogens is 2. The van der Waals surface area contributed by atoms with Crippen molar-refractivity contribution in [1.29, 1.82) is 0 Å². The molecule has 0 unspecified atom stereocenters. The summed E-state index contributed by atoms with van der Waals surface area (Å²) in [6.45, 7) is 5.20. The van der Waals surface area contributed by atoms with Crippen LogP contribution >= 0.6 is 24.8 Å². The van der Waals surface area contributed by atoms with Gasteiger partial charge in [-0.05, 0) is 18.9 Å². The van der Waals surface area contributed by atoms with E-state index in [1.165, 1.54) is 6.07 Å². The van der Waals surface area contributed by atoms with Gasteiger partial charge in [-0.1, -0.05) is 0 Å². The van der Waals surface area contributed by atoms with Crippen LogP contribution in [0, 0.1) is 0 Å². The van der Waals surface area contributed by atoms with E-state index >= 15 is 0 Å². The number of aromatic nitrogens is 4. The molecule has 3 aliphatic rings. The van der Waals surface area contributed by atoms with E-state index in [-0.39, 0.29) is 35.9 Å². The predicted octanol–water partition coefficient (Wildman–Crippen LogP) is 1.34. The highest BCUT2D eigenvalue weighted by Gasteiger charge is 2.24. The number of ether oxygens (including phenoxy) is 2. The lowest BCUT2D eigenvalue weighted by Crippen LogP contribution is -2.43. The molecule has 0 saturated carbocycles. The van der Waals surface area contributed by atoms with Crippen molar-refractivity contribution in [3.05, 3.63) is 56.5 Å². The minimum absolute atomic E-state index is 0. The Bertz CT molecular complexity index is 1340. The molecule has 0 bridgehead atoms. The lowest BCUT2D eigenvalue weighted by atomic mass is 10.0. The first kappa shape index (κ1) is 25.4. The average Bonchev–Trinajstić information content (AvgIpc) is 3.31. The summed E-state index contributed by atoms with van der Waals surface area (Å²) in [6, 6.07) is 5.60. The highest BCUT2D eigenvalue weighted by molar-refractivity contribution is 5.85. The quantitative estimate of drug-likeness (QED) is 0.535. The number of hydrogen-bond acceptors (Lipinski definition) is 8. The van der Waals surface area contributed by atoms with E-state index in [1.54, 1.807) is 21.4 Å². The molecular formula is C23H28Cl2N6O4. The highest BCUT2D eigenvalue weighted by Crippen LogP contribution is 2.29. The summed E-state index contributed by atoms with van der Waals surface area (Å²) in [4.78, 5) is 36.4. The fraction of sp³-hybridized carbons (Fsp3) is 0.478. The number of piperidine rings is 1. The smallest absolute Gasteiger partial charge is 0.275 e. The van der Waals surface area contributed by atoms with E-state index in [1.807, 2.05) is 6.07 Å². The maximum atomic E-state index is 13.0. The van der Waals surface area contributed by atoms with E-state index in [0.29, 0.717) is 68.0 Å². The molecule has 6 heterocycles. The van der Waals surface area contributed by atoms with E-state index in [2.05, 4.69) is 20.2 Å². The largest absolute Gasteiger partial charge is 0.486 e. The monoisotopic (exact) mass is 522 g/mol. The molecular weight excluding hydrogens is 495 g/mol. The molecule has 188 valence electrons. The maximum Gasteiger partial charge on any atom is 0.275 e. The van der Waals surface area contributed by atoms with Gasteiger partial charge in [-0.15, -0.1) is 24.8 Å². The minimum atomic E-state index is -0.0799. The third-order valence-electron chi connectivity index (χ3n) is 6.70. The van der Waals surface area contributed by atoms with Gasteiger partial charge in [-0.2, -0.15) is 0 Å². The Hall–Kier alpha value is -2.66. The number of fused-ring (bicyclic) bond motifs is 1. The van der Waals surface area contributed by atoms with Crippen molar-refractivity contribution >= 4 is 36.0 Å². The van der Waals surface area contributed by atoms with Crippen LogP contribution in [-0.4, -0.2) is 56.3 Å². The number of likely N-dealkylation sites (tertiary alicyclic amines) is 1. The van der Waals surface area contributed by atoms with E-state index in [4.69, 9.17) is 9.47 Å². The predicted molar refractivity (Wildman–Crippen MR) is 135 cm³/mol. The number of hydrogen-bond donors (Lipinski definition) is 1. The molecule has 12 heteroatoms. The molecule has 6 rings (SSSR count). The molecule has 0 aromatic carbocycles. The third kappa shape index (κ3) is 4.88. The van der Waals surface area contributed by atoms with Crippen molar-refractivity contribution in [2.75, 3.05) is 26.3 Å². The van der Waals surface area contributed by atoms with Crippen LogP contribution in [0.2, 0.25) is 0 Å². The van der Waals surface area contributed by atoms with Crippen molar-refractivity contribution in [3.63, 3.8) is 0 Å². The molecule has 0 radical (unpaired) electrons. The SMILES string of the molecule is Cl.Cl.O=c1ccc2nc(CN3CCC(NCc4cc5c(cn4)OCCO5)CC3)c(=O)n3c2n1CC3. The number of rotatable bonds is 5. The molecule has 0 amide bonds. The van der Waals surface area contributed by atoms with Crippen LogP contribution in [0.15, 0.2) is 34.0 Å². The average molecular weight is 523 g/mol. The molecule has 35 heavy (non-hydrogen) atoms. The van der Waals surface area contributed by atoms with Gasteiger partial charge in [0, 0.05) is 57.4 Å². The van der Waals surface area contributed by atoms with Crippen LogP contribution in [0.5, 0.6) is 11.5 Å². The normalized spacial score (nSPS) is 17.1. The zero-order chi connectivity index (χ0) is 22.4. The minimum Gasteiger partial charge on any atom is -0.486 e. The summed E-state index contributed by atoms with van der Waals surface area (Å²) >= 11 is 0. The van der Waals surface area contributed by atoms with Gasteiger partial charge in [-0.25, -0.2) is 4.98 Å². The van der Waals surface area contributed by atoms with Crippen molar-refractivity contribution in [3.8, 4) is 11.5 Å². The van der Waals surface area contributed by atoms with Gasteiger partial charge < -0.3 is 14.8 Å². The van der Waals surface area contributed by atoms with Crippen LogP contribution in [0.1, 0.15) is 24.2 Å². The number of nitrogens with zero attached hydrogens (tertiary/aromatic N) is 5. The summed E-state index contributed by atoms with van der Waals surface area (Å²) in [5.41, 5.74) is 2.69. The van der Waals surface area contributed by atoms with E-state index in [0.717, 1.165) is 37.4 Å². The molecule has 3 aromatic heterocycles. The lowest BCUT2D eigenvalue weighted by Gasteiger charge is -2.32. The number of nitrogens with one attached hydrogen (secondary N) is 1. The van der Waals surface area contributed by atoms with Gasteiger partial charge in [-0.3, -0.25) is 28.6 Å².